The van der Waals surface area contributed by atoms with Crippen LogP contribution < -0.4 is 0 Å². The normalized spacial score (nSPS) is 15.0. The molecule has 1 fully saturated rings. The van der Waals surface area contributed by atoms with Gasteiger partial charge in [0.2, 0.25) is 5.91 Å². The Labute approximate surface area is 136 Å². The highest BCUT2D eigenvalue weighted by Gasteiger charge is 2.23. The van der Waals surface area contributed by atoms with E-state index < -0.39 is 0 Å². The van der Waals surface area contributed by atoms with Crippen molar-refractivity contribution < 1.29 is 19.1 Å². The zero-order valence-corrected chi connectivity index (χ0v) is 13.4. The highest BCUT2D eigenvalue weighted by Crippen LogP contribution is 2.10. The molecule has 1 aliphatic rings. The molecule has 0 spiro atoms. The summed E-state index contributed by atoms with van der Waals surface area (Å²) in [6.07, 6.45) is 0.986. The molecule has 0 atom stereocenters. The van der Waals surface area contributed by atoms with Crippen molar-refractivity contribution in [3.8, 4) is 0 Å². The van der Waals surface area contributed by atoms with E-state index in [2.05, 4.69) is 4.74 Å². The maximum Gasteiger partial charge on any atom is 0.306 e. The number of methoxy groups -OCH3 is 1. The Morgan fingerprint density at radius 2 is 1.61 bits per heavy atom. The molecule has 23 heavy (non-hydrogen) atoms. The number of carbonyl (C=O) groups is 3. The molecule has 6 heteroatoms. The topological polar surface area (TPSA) is 66.9 Å². The number of benzene rings is 1. The average molecular weight is 318 g/mol. The lowest BCUT2D eigenvalue weighted by molar-refractivity contribution is -0.143. The van der Waals surface area contributed by atoms with Gasteiger partial charge in [-0.15, -0.1) is 0 Å². The van der Waals surface area contributed by atoms with Gasteiger partial charge in [-0.3, -0.25) is 14.4 Å². The number of hydrogen-bond donors (Lipinski definition) is 0. The Balaban J connectivity index is 1.88. The number of esters is 1. The molecule has 1 aromatic carbocycles. The lowest BCUT2D eigenvalue weighted by Gasteiger charge is -2.22. The standard InChI is InChI=1S/C17H22N2O4/c1-23-16(21)9-8-15(20)18-10-5-11-19(13-12-18)17(22)14-6-3-2-4-7-14/h2-4,6-7H,5,8-13H2,1H3. The Kier molecular flexibility index (Phi) is 6.14. The Bertz CT molecular complexity index is 559. The lowest BCUT2D eigenvalue weighted by Crippen LogP contribution is -2.37. The lowest BCUT2D eigenvalue weighted by atomic mass is 10.2. The zero-order valence-electron chi connectivity index (χ0n) is 13.4. The van der Waals surface area contributed by atoms with Crippen molar-refractivity contribution in [1.29, 1.82) is 0 Å². The molecule has 1 aliphatic heterocycles. The molecule has 1 aromatic rings. The fourth-order valence-corrected chi connectivity index (χ4v) is 2.60. The van der Waals surface area contributed by atoms with Crippen LogP contribution in [-0.4, -0.2) is 60.9 Å². The number of hydrogen-bond acceptors (Lipinski definition) is 4. The van der Waals surface area contributed by atoms with E-state index in [0.717, 1.165) is 6.42 Å². The van der Waals surface area contributed by atoms with Crippen molar-refractivity contribution in [2.24, 2.45) is 0 Å². The average Bonchev–Trinajstić information content (AvgIpc) is 2.85. The summed E-state index contributed by atoms with van der Waals surface area (Å²) >= 11 is 0. The second-order valence-electron chi connectivity index (χ2n) is 5.47. The minimum atomic E-state index is -0.381. The third-order valence-corrected chi connectivity index (χ3v) is 3.93. The molecule has 0 N–H and O–H groups in total. The Morgan fingerprint density at radius 1 is 0.957 bits per heavy atom. The van der Waals surface area contributed by atoms with Crippen LogP contribution in [0.25, 0.3) is 0 Å². The van der Waals surface area contributed by atoms with Crippen LogP contribution in [0.4, 0.5) is 0 Å². The Morgan fingerprint density at radius 3 is 2.30 bits per heavy atom. The quantitative estimate of drug-likeness (QED) is 0.785. The van der Waals surface area contributed by atoms with Gasteiger partial charge >= 0.3 is 5.97 Å². The predicted molar refractivity (Wildman–Crippen MR) is 84.8 cm³/mol. The van der Waals surface area contributed by atoms with Gasteiger partial charge < -0.3 is 14.5 Å². The van der Waals surface area contributed by atoms with Crippen LogP contribution in [0, 0.1) is 0 Å². The van der Waals surface area contributed by atoms with Gasteiger partial charge in [-0.2, -0.15) is 0 Å². The van der Waals surface area contributed by atoms with Gasteiger partial charge in [0.25, 0.3) is 5.91 Å². The van der Waals surface area contributed by atoms with Crippen molar-refractivity contribution in [2.45, 2.75) is 19.3 Å². The van der Waals surface area contributed by atoms with E-state index in [1.807, 2.05) is 18.2 Å². The summed E-state index contributed by atoms with van der Waals surface area (Å²) in [6, 6.07) is 9.15. The largest absolute Gasteiger partial charge is 0.469 e. The van der Waals surface area contributed by atoms with Crippen LogP contribution in [0.15, 0.2) is 30.3 Å². The molecular weight excluding hydrogens is 296 g/mol. The summed E-state index contributed by atoms with van der Waals surface area (Å²) in [5, 5.41) is 0. The van der Waals surface area contributed by atoms with E-state index >= 15 is 0 Å². The summed E-state index contributed by atoms with van der Waals surface area (Å²) in [5.74, 6) is -0.451. The van der Waals surface area contributed by atoms with E-state index in [9.17, 15) is 14.4 Å². The van der Waals surface area contributed by atoms with Crippen molar-refractivity contribution >= 4 is 17.8 Å². The third-order valence-electron chi connectivity index (χ3n) is 3.93. The summed E-state index contributed by atoms with van der Waals surface area (Å²) in [7, 11) is 1.31. The molecule has 0 radical (unpaired) electrons. The van der Waals surface area contributed by atoms with Gasteiger partial charge in [-0.1, -0.05) is 18.2 Å². The molecule has 0 unspecified atom stereocenters. The number of nitrogens with zero attached hydrogens (tertiary/aromatic N) is 2. The molecule has 1 saturated heterocycles. The van der Waals surface area contributed by atoms with Gasteiger partial charge in [0, 0.05) is 38.2 Å². The van der Waals surface area contributed by atoms with Crippen LogP contribution >= 0.6 is 0 Å². The first kappa shape index (κ1) is 17.0. The molecule has 124 valence electrons. The molecule has 0 aromatic heterocycles. The van der Waals surface area contributed by atoms with Crippen LogP contribution in [0.5, 0.6) is 0 Å². The molecule has 6 nitrogen and oxygen atoms in total. The van der Waals surface area contributed by atoms with Crippen molar-refractivity contribution in [2.75, 3.05) is 33.3 Å². The molecule has 2 rings (SSSR count). The van der Waals surface area contributed by atoms with Gasteiger partial charge in [-0.25, -0.2) is 0 Å². The number of amides is 2. The first-order chi connectivity index (χ1) is 11.1. The maximum absolute atomic E-state index is 12.4. The van der Waals surface area contributed by atoms with E-state index in [-0.39, 0.29) is 30.6 Å². The molecule has 0 bridgehead atoms. The minimum absolute atomic E-state index is 0.00513. The monoisotopic (exact) mass is 318 g/mol. The van der Waals surface area contributed by atoms with Crippen LogP contribution in [0.1, 0.15) is 29.6 Å². The fourth-order valence-electron chi connectivity index (χ4n) is 2.60. The molecule has 0 saturated carbocycles. The maximum atomic E-state index is 12.4. The first-order valence-corrected chi connectivity index (χ1v) is 7.80. The number of rotatable bonds is 4. The van der Waals surface area contributed by atoms with E-state index in [0.29, 0.717) is 31.7 Å². The SMILES string of the molecule is COC(=O)CCC(=O)N1CCCN(C(=O)c2ccccc2)CC1. The summed E-state index contributed by atoms with van der Waals surface area (Å²) in [5.41, 5.74) is 0.665. The summed E-state index contributed by atoms with van der Waals surface area (Å²) in [4.78, 5) is 39.2. The smallest absolute Gasteiger partial charge is 0.306 e. The van der Waals surface area contributed by atoms with Gasteiger partial charge in [-0.05, 0) is 18.6 Å². The molecule has 0 aliphatic carbocycles. The summed E-state index contributed by atoms with van der Waals surface area (Å²) in [6.45, 7) is 2.25. The van der Waals surface area contributed by atoms with Gasteiger partial charge in [0.15, 0.2) is 0 Å². The fraction of sp³-hybridized carbons (Fsp3) is 0.471. The van der Waals surface area contributed by atoms with Crippen molar-refractivity contribution in [3.63, 3.8) is 0 Å². The second-order valence-corrected chi connectivity index (χ2v) is 5.47. The molecule has 2 amide bonds. The van der Waals surface area contributed by atoms with Crippen LogP contribution in [0.3, 0.4) is 0 Å². The highest BCUT2D eigenvalue weighted by atomic mass is 16.5. The van der Waals surface area contributed by atoms with Crippen molar-refractivity contribution in [3.05, 3.63) is 35.9 Å². The van der Waals surface area contributed by atoms with E-state index in [1.54, 1.807) is 21.9 Å². The van der Waals surface area contributed by atoms with Crippen molar-refractivity contribution in [1.82, 2.24) is 9.80 Å². The predicted octanol–water partition coefficient (Wildman–Crippen LogP) is 1.31. The number of ether oxygens (including phenoxy) is 1. The Hall–Kier alpha value is -2.37. The number of carbonyl (C=O) groups excluding carboxylic acids is 3. The molecule has 1 heterocycles. The van der Waals surface area contributed by atoms with Gasteiger partial charge in [0.1, 0.15) is 0 Å². The third kappa shape index (κ3) is 4.81. The van der Waals surface area contributed by atoms with Gasteiger partial charge in [0.05, 0.1) is 13.5 Å². The second kappa shape index (κ2) is 8.31. The van der Waals surface area contributed by atoms with E-state index in [4.69, 9.17) is 0 Å². The summed E-state index contributed by atoms with van der Waals surface area (Å²) < 4.78 is 4.55. The molecular formula is C17H22N2O4. The highest BCUT2D eigenvalue weighted by molar-refractivity contribution is 5.94. The zero-order chi connectivity index (χ0) is 16.7. The van der Waals surface area contributed by atoms with E-state index in [1.165, 1.54) is 7.11 Å². The van der Waals surface area contributed by atoms with Crippen LogP contribution in [0.2, 0.25) is 0 Å². The van der Waals surface area contributed by atoms with Crippen LogP contribution in [-0.2, 0) is 14.3 Å². The minimum Gasteiger partial charge on any atom is -0.469 e. The first-order valence-electron chi connectivity index (χ1n) is 7.80.